The quantitative estimate of drug-likeness (QED) is 0.169. The maximum Gasteiger partial charge on any atom is -0.00235 e. The Kier molecular flexibility index (Phi) is 6.13. The normalized spacial score (nSPS) is 15.6. The summed E-state index contributed by atoms with van der Waals surface area (Å²) in [5.41, 5.74) is 19.4. The highest BCUT2D eigenvalue weighted by atomic mass is 14.3. The summed E-state index contributed by atoms with van der Waals surface area (Å²) in [5, 5.41) is 8.26. The highest BCUT2D eigenvalue weighted by molar-refractivity contribution is 6.20. The van der Waals surface area contributed by atoms with Crippen molar-refractivity contribution < 1.29 is 0 Å². The van der Waals surface area contributed by atoms with Gasteiger partial charge in [0, 0.05) is 0 Å². The number of rotatable bonds is 3. The Labute approximate surface area is 293 Å². The van der Waals surface area contributed by atoms with Gasteiger partial charge in [0.05, 0.1) is 0 Å². The van der Waals surface area contributed by atoms with Crippen molar-refractivity contribution in [3.63, 3.8) is 0 Å². The summed E-state index contributed by atoms with van der Waals surface area (Å²) in [6, 6.07) is 41.6. The minimum absolute atomic E-state index is 1.13. The fourth-order valence-electron chi connectivity index (χ4n) is 9.53. The average molecular weight is 637 g/mol. The van der Waals surface area contributed by atoms with Crippen molar-refractivity contribution in [3.8, 4) is 33.4 Å². The van der Waals surface area contributed by atoms with E-state index in [1.807, 2.05) is 0 Å². The van der Waals surface area contributed by atoms with Crippen molar-refractivity contribution in [3.05, 3.63) is 167 Å². The van der Waals surface area contributed by atoms with Crippen molar-refractivity contribution in [2.45, 2.75) is 38.5 Å². The fraction of sp³-hybridized carbons (Fsp3) is 0.120. The fourth-order valence-corrected chi connectivity index (χ4v) is 9.53. The Bertz CT molecular complexity index is 2720. The van der Waals surface area contributed by atoms with Gasteiger partial charge in [-0.3, -0.25) is 0 Å². The van der Waals surface area contributed by atoms with Gasteiger partial charge in [-0.25, -0.2) is 0 Å². The molecule has 4 aliphatic rings. The van der Waals surface area contributed by atoms with Gasteiger partial charge >= 0.3 is 0 Å². The van der Waals surface area contributed by atoms with E-state index in [4.69, 9.17) is 0 Å². The van der Waals surface area contributed by atoms with E-state index in [-0.39, 0.29) is 0 Å². The van der Waals surface area contributed by atoms with Gasteiger partial charge in [-0.15, -0.1) is 0 Å². The largest absolute Gasteiger partial charge is 0.0836 e. The molecule has 0 amide bonds. The predicted octanol–water partition coefficient (Wildman–Crippen LogP) is 13.6. The molecule has 0 atom stereocenters. The van der Waals surface area contributed by atoms with E-state index < -0.39 is 0 Å². The lowest BCUT2D eigenvalue weighted by Gasteiger charge is -2.25. The molecule has 0 bridgehead atoms. The van der Waals surface area contributed by atoms with Crippen LogP contribution in [-0.4, -0.2) is 0 Å². The molecule has 11 rings (SSSR count). The van der Waals surface area contributed by atoms with Gasteiger partial charge in [0.25, 0.3) is 0 Å². The molecule has 0 heteroatoms. The first-order chi connectivity index (χ1) is 24.8. The van der Waals surface area contributed by atoms with Gasteiger partial charge in [-0.05, 0) is 173 Å². The molecule has 0 aliphatic heterocycles. The highest BCUT2D eigenvalue weighted by Gasteiger charge is 2.25. The summed E-state index contributed by atoms with van der Waals surface area (Å²) in [7, 11) is 0. The van der Waals surface area contributed by atoms with Crippen molar-refractivity contribution in [2.75, 3.05) is 0 Å². The van der Waals surface area contributed by atoms with E-state index >= 15 is 0 Å². The summed E-state index contributed by atoms with van der Waals surface area (Å²) >= 11 is 0. The molecule has 4 aliphatic carbocycles. The number of fused-ring (bicyclic) bond motifs is 10. The Hall–Kier alpha value is -5.72. The van der Waals surface area contributed by atoms with Crippen LogP contribution in [0.3, 0.4) is 0 Å². The third kappa shape index (κ3) is 4.12. The van der Waals surface area contributed by atoms with Crippen molar-refractivity contribution in [2.24, 2.45) is 0 Å². The Balaban J connectivity index is 1.02. The zero-order valence-electron chi connectivity index (χ0n) is 28.1. The predicted molar refractivity (Wildman–Crippen MR) is 215 cm³/mol. The van der Waals surface area contributed by atoms with Gasteiger partial charge < -0.3 is 0 Å². The van der Waals surface area contributed by atoms with E-state index in [9.17, 15) is 0 Å². The van der Waals surface area contributed by atoms with Gasteiger partial charge in [0.15, 0.2) is 0 Å². The lowest BCUT2D eigenvalue weighted by Crippen LogP contribution is -2.07. The summed E-state index contributed by atoms with van der Waals surface area (Å²) < 4.78 is 0. The summed E-state index contributed by atoms with van der Waals surface area (Å²) in [6.45, 7) is 0. The first-order valence-electron chi connectivity index (χ1n) is 18.3. The molecular formula is C50H36. The molecule has 0 spiro atoms. The third-order valence-corrected chi connectivity index (χ3v) is 11.8. The minimum Gasteiger partial charge on any atom is -0.0836 e. The summed E-state index contributed by atoms with van der Waals surface area (Å²) in [4.78, 5) is 0. The molecule has 0 heterocycles. The maximum absolute atomic E-state index is 2.49. The smallest absolute Gasteiger partial charge is 0.00235 e. The van der Waals surface area contributed by atoms with E-state index in [0.29, 0.717) is 0 Å². The van der Waals surface area contributed by atoms with Crippen LogP contribution in [0.25, 0.3) is 89.0 Å². The lowest BCUT2D eigenvalue weighted by molar-refractivity contribution is 0.911. The third-order valence-electron chi connectivity index (χ3n) is 11.8. The van der Waals surface area contributed by atoms with Crippen molar-refractivity contribution in [1.29, 1.82) is 0 Å². The van der Waals surface area contributed by atoms with Crippen molar-refractivity contribution >= 4 is 55.6 Å². The zero-order chi connectivity index (χ0) is 32.8. The van der Waals surface area contributed by atoms with E-state index in [1.54, 1.807) is 11.1 Å². The van der Waals surface area contributed by atoms with Crippen LogP contribution in [0.4, 0.5) is 0 Å². The molecule has 0 nitrogen and oxygen atoms in total. The molecule has 50 heavy (non-hydrogen) atoms. The molecule has 7 aromatic rings. The molecule has 7 aromatic carbocycles. The first-order valence-corrected chi connectivity index (χ1v) is 18.3. The van der Waals surface area contributed by atoms with Crippen LogP contribution in [0, 0.1) is 0 Å². The van der Waals surface area contributed by atoms with Crippen LogP contribution < -0.4 is 0 Å². The second kappa shape index (κ2) is 10.9. The second-order valence-electron chi connectivity index (χ2n) is 14.5. The standard InChI is InChI=1S/C50H36/c1-3-17-40-37(14-1)38-15-5-7-20-44(38)50-45-21-8-6-19-42(45)46(30-48(40)50)34-12-9-11-33(27-34)31-23-25-32(26-24-31)36-28-35-13-10-22-43-39-16-2-4-18-41(39)47(29-36)49(35)43/h3-4,6-13,17-30H,1-2,5,14-16H2. The topological polar surface area (TPSA) is 0 Å². The molecule has 236 valence electrons. The minimum atomic E-state index is 1.13. The van der Waals surface area contributed by atoms with Crippen LogP contribution in [0.1, 0.15) is 59.1 Å². The van der Waals surface area contributed by atoms with Crippen LogP contribution in [0.15, 0.2) is 133 Å². The Morgan fingerprint density at radius 1 is 0.380 bits per heavy atom. The molecule has 0 saturated heterocycles. The monoisotopic (exact) mass is 636 g/mol. The van der Waals surface area contributed by atoms with Crippen molar-refractivity contribution in [1.82, 2.24) is 0 Å². The number of allylic oxidation sites excluding steroid dienone is 6. The van der Waals surface area contributed by atoms with E-state index in [1.165, 1.54) is 99.1 Å². The number of hydrogen-bond donors (Lipinski definition) is 0. The van der Waals surface area contributed by atoms with Gasteiger partial charge in [-0.2, -0.15) is 0 Å². The van der Waals surface area contributed by atoms with Crippen LogP contribution >= 0.6 is 0 Å². The summed E-state index contributed by atoms with van der Waals surface area (Å²) in [6.07, 6.45) is 21.1. The van der Waals surface area contributed by atoms with Gasteiger partial charge in [-0.1, -0.05) is 121 Å². The second-order valence-corrected chi connectivity index (χ2v) is 14.5. The molecule has 0 radical (unpaired) electrons. The molecule has 0 fully saturated rings. The van der Waals surface area contributed by atoms with Crippen LogP contribution in [-0.2, 0) is 12.8 Å². The first kappa shape index (κ1) is 28.2. The summed E-state index contributed by atoms with van der Waals surface area (Å²) in [5.74, 6) is 0. The Morgan fingerprint density at radius 2 is 1.08 bits per heavy atom. The molecule has 0 N–H and O–H groups in total. The Morgan fingerprint density at radius 3 is 1.94 bits per heavy atom. The van der Waals surface area contributed by atoms with Gasteiger partial charge in [0.1, 0.15) is 0 Å². The van der Waals surface area contributed by atoms with E-state index in [0.717, 1.165) is 38.5 Å². The van der Waals surface area contributed by atoms with E-state index in [2.05, 4.69) is 146 Å². The molecular weight excluding hydrogens is 601 g/mol. The SMILES string of the molecule is C1=CC2=C(CC1)c1cccc3cc(-c4ccc(-c5cccc(-c6cc7c8c(c9c(c7c7ccccc67)C=CCC9)CCC=C8)c5)cc4)cc2c13. The highest BCUT2D eigenvalue weighted by Crippen LogP contribution is 2.48. The average Bonchev–Trinajstić information content (AvgIpc) is 3.52. The van der Waals surface area contributed by atoms with Gasteiger partial charge in [0.2, 0.25) is 0 Å². The van der Waals surface area contributed by atoms with Crippen LogP contribution in [0.5, 0.6) is 0 Å². The number of benzene rings is 7. The zero-order valence-corrected chi connectivity index (χ0v) is 28.1. The van der Waals surface area contributed by atoms with Crippen LogP contribution in [0.2, 0.25) is 0 Å². The molecule has 0 unspecified atom stereocenters. The lowest BCUT2D eigenvalue weighted by atomic mass is 9.79. The maximum atomic E-state index is 2.49. The number of hydrogen-bond acceptors (Lipinski definition) is 0. The molecule has 0 aromatic heterocycles. The molecule has 0 saturated carbocycles.